The average molecular weight is 206 g/mol. The van der Waals surface area contributed by atoms with Gasteiger partial charge in [0.2, 0.25) is 5.91 Å². The molecule has 2 unspecified atom stereocenters. The molecule has 4 nitrogen and oxygen atoms in total. The first kappa shape index (κ1) is 12.6. The predicted molar refractivity (Wildman–Crippen MR) is 55.1 cm³/mol. The molecule has 0 rings (SSSR count). The monoisotopic (exact) mass is 206 g/mol. The third-order valence-electron chi connectivity index (χ3n) is 1.70. The number of likely N-dealkylation sites (N-methyl/N-ethyl adjacent to an activating group) is 1. The SMILES string of the molecule is CNC(=O)C(C)NCCCS(C)=O. The normalized spacial score (nSPS) is 15.0. The molecule has 0 fully saturated rings. The maximum Gasteiger partial charge on any atom is 0.236 e. The van der Waals surface area contributed by atoms with Crippen LogP contribution in [0.3, 0.4) is 0 Å². The lowest BCUT2D eigenvalue weighted by Crippen LogP contribution is -2.41. The lowest BCUT2D eigenvalue weighted by molar-refractivity contribution is -0.122. The summed E-state index contributed by atoms with van der Waals surface area (Å²) in [6.07, 6.45) is 2.52. The van der Waals surface area contributed by atoms with Crippen molar-refractivity contribution in [3.63, 3.8) is 0 Å². The van der Waals surface area contributed by atoms with E-state index in [1.54, 1.807) is 13.3 Å². The number of carbonyl (C=O) groups is 1. The zero-order valence-electron chi connectivity index (χ0n) is 8.42. The van der Waals surface area contributed by atoms with Gasteiger partial charge in [0.25, 0.3) is 0 Å². The molecule has 0 aromatic carbocycles. The number of rotatable bonds is 6. The molecular weight excluding hydrogens is 188 g/mol. The van der Waals surface area contributed by atoms with Crippen molar-refractivity contribution in [1.82, 2.24) is 10.6 Å². The van der Waals surface area contributed by atoms with E-state index in [1.807, 2.05) is 6.92 Å². The fourth-order valence-corrected chi connectivity index (χ4v) is 1.45. The van der Waals surface area contributed by atoms with Crippen LogP contribution < -0.4 is 10.6 Å². The highest BCUT2D eigenvalue weighted by molar-refractivity contribution is 7.84. The van der Waals surface area contributed by atoms with Gasteiger partial charge in [0.15, 0.2) is 0 Å². The number of nitrogens with one attached hydrogen (secondary N) is 2. The molecule has 2 atom stereocenters. The molecule has 0 bridgehead atoms. The van der Waals surface area contributed by atoms with Gasteiger partial charge in [0.05, 0.1) is 6.04 Å². The number of hydrogen-bond acceptors (Lipinski definition) is 3. The minimum Gasteiger partial charge on any atom is -0.358 e. The van der Waals surface area contributed by atoms with Crippen LogP contribution in [0.4, 0.5) is 0 Å². The topological polar surface area (TPSA) is 58.2 Å². The summed E-state index contributed by atoms with van der Waals surface area (Å²) in [5.74, 6) is 0.672. The molecule has 0 heterocycles. The summed E-state index contributed by atoms with van der Waals surface area (Å²) in [6, 6.07) is -0.171. The lowest BCUT2D eigenvalue weighted by atomic mass is 10.3. The van der Waals surface area contributed by atoms with Gasteiger partial charge in [-0.3, -0.25) is 9.00 Å². The smallest absolute Gasteiger partial charge is 0.236 e. The molecule has 13 heavy (non-hydrogen) atoms. The third kappa shape index (κ3) is 6.72. The summed E-state index contributed by atoms with van der Waals surface area (Å²) in [6.45, 7) is 2.54. The van der Waals surface area contributed by atoms with Crippen LogP contribution >= 0.6 is 0 Å². The molecule has 0 aromatic heterocycles. The van der Waals surface area contributed by atoms with Crippen LogP contribution in [0.25, 0.3) is 0 Å². The first-order valence-electron chi connectivity index (χ1n) is 4.33. The van der Waals surface area contributed by atoms with Crippen LogP contribution in [0, 0.1) is 0 Å². The van der Waals surface area contributed by atoms with Crippen LogP contribution in [0.5, 0.6) is 0 Å². The van der Waals surface area contributed by atoms with Gasteiger partial charge in [0.1, 0.15) is 0 Å². The Morgan fingerprint density at radius 3 is 2.62 bits per heavy atom. The van der Waals surface area contributed by atoms with Gasteiger partial charge < -0.3 is 10.6 Å². The summed E-state index contributed by atoms with van der Waals surface area (Å²) in [5.41, 5.74) is 0. The van der Waals surface area contributed by atoms with Crippen molar-refractivity contribution in [3.8, 4) is 0 Å². The van der Waals surface area contributed by atoms with Crippen molar-refractivity contribution < 1.29 is 9.00 Å². The van der Waals surface area contributed by atoms with Crippen molar-refractivity contribution in [2.24, 2.45) is 0 Å². The Kier molecular flexibility index (Phi) is 6.80. The van der Waals surface area contributed by atoms with Gasteiger partial charge in [-0.05, 0) is 19.9 Å². The van der Waals surface area contributed by atoms with Gasteiger partial charge in [-0.15, -0.1) is 0 Å². The van der Waals surface area contributed by atoms with Gasteiger partial charge in [-0.25, -0.2) is 0 Å². The number of hydrogen-bond donors (Lipinski definition) is 2. The maximum absolute atomic E-state index is 11.0. The van der Waals surface area contributed by atoms with Crippen molar-refractivity contribution in [2.75, 3.05) is 25.6 Å². The highest BCUT2D eigenvalue weighted by atomic mass is 32.2. The second-order valence-corrected chi connectivity index (χ2v) is 4.48. The third-order valence-corrected chi connectivity index (χ3v) is 2.56. The van der Waals surface area contributed by atoms with Gasteiger partial charge in [-0.1, -0.05) is 0 Å². The quantitative estimate of drug-likeness (QED) is 0.575. The van der Waals surface area contributed by atoms with E-state index in [9.17, 15) is 9.00 Å². The fraction of sp³-hybridized carbons (Fsp3) is 0.875. The average Bonchev–Trinajstić information content (AvgIpc) is 2.10. The van der Waals surface area contributed by atoms with E-state index in [0.29, 0.717) is 5.75 Å². The molecule has 0 aliphatic rings. The lowest BCUT2D eigenvalue weighted by Gasteiger charge is -2.11. The Morgan fingerprint density at radius 2 is 2.15 bits per heavy atom. The van der Waals surface area contributed by atoms with Crippen LogP contribution in [-0.4, -0.2) is 41.8 Å². The molecule has 0 spiro atoms. The molecular formula is C8H18N2O2S. The summed E-state index contributed by atoms with van der Waals surface area (Å²) < 4.78 is 10.7. The maximum atomic E-state index is 11.0. The molecule has 0 saturated carbocycles. The van der Waals surface area contributed by atoms with Gasteiger partial charge in [0, 0.05) is 29.9 Å². The Morgan fingerprint density at radius 1 is 1.54 bits per heavy atom. The van der Waals surface area contributed by atoms with E-state index in [2.05, 4.69) is 10.6 Å². The standard InChI is InChI=1S/C8H18N2O2S/c1-7(8(11)9-2)10-5-4-6-13(3)12/h7,10H,4-6H2,1-3H3,(H,9,11). The molecule has 0 radical (unpaired) electrons. The molecule has 78 valence electrons. The summed E-state index contributed by atoms with van der Waals surface area (Å²) in [7, 11) is 0.879. The van der Waals surface area contributed by atoms with E-state index >= 15 is 0 Å². The van der Waals surface area contributed by atoms with E-state index in [1.165, 1.54) is 0 Å². The fourth-order valence-electron chi connectivity index (χ4n) is 0.903. The molecule has 5 heteroatoms. The van der Waals surface area contributed by atoms with E-state index in [4.69, 9.17) is 0 Å². The summed E-state index contributed by atoms with van der Waals surface area (Å²) in [4.78, 5) is 11.0. The van der Waals surface area contributed by atoms with Gasteiger partial charge >= 0.3 is 0 Å². The molecule has 0 aliphatic carbocycles. The second kappa shape index (κ2) is 7.03. The Bertz CT molecular complexity index is 185. The highest BCUT2D eigenvalue weighted by Gasteiger charge is 2.08. The molecule has 1 amide bonds. The molecule has 0 saturated heterocycles. The first-order chi connectivity index (χ1) is 6.07. The van der Waals surface area contributed by atoms with Crippen molar-refractivity contribution >= 4 is 16.7 Å². The summed E-state index contributed by atoms with van der Waals surface area (Å²) >= 11 is 0. The Hall–Kier alpha value is -0.420. The minimum atomic E-state index is -0.733. The van der Waals surface area contributed by atoms with Crippen LogP contribution in [0.2, 0.25) is 0 Å². The highest BCUT2D eigenvalue weighted by Crippen LogP contribution is 1.85. The minimum absolute atomic E-state index is 0.0161. The Balaban J connectivity index is 3.42. The zero-order valence-corrected chi connectivity index (χ0v) is 9.24. The predicted octanol–water partition coefficient (Wildman–Crippen LogP) is -0.521. The van der Waals surface area contributed by atoms with Crippen molar-refractivity contribution in [3.05, 3.63) is 0 Å². The van der Waals surface area contributed by atoms with Crippen molar-refractivity contribution in [2.45, 2.75) is 19.4 Å². The second-order valence-electron chi connectivity index (χ2n) is 2.92. The number of amides is 1. The zero-order chi connectivity index (χ0) is 10.3. The van der Waals surface area contributed by atoms with E-state index < -0.39 is 10.8 Å². The largest absolute Gasteiger partial charge is 0.358 e. The van der Waals surface area contributed by atoms with Crippen LogP contribution in [0.1, 0.15) is 13.3 Å². The van der Waals surface area contributed by atoms with Crippen LogP contribution in [0.15, 0.2) is 0 Å². The number of carbonyl (C=O) groups excluding carboxylic acids is 1. The Labute approximate surface area is 81.9 Å². The van der Waals surface area contributed by atoms with E-state index in [0.717, 1.165) is 13.0 Å². The van der Waals surface area contributed by atoms with Crippen LogP contribution in [-0.2, 0) is 15.6 Å². The molecule has 2 N–H and O–H groups in total. The van der Waals surface area contributed by atoms with E-state index in [-0.39, 0.29) is 11.9 Å². The molecule has 0 aromatic rings. The van der Waals surface area contributed by atoms with Crippen molar-refractivity contribution in [1.29, 1.82) is 0 Å². The molecule has 0 aliphatic heterocycles. The first-order valence-corrected chi connectivity index (χ1v) is 6.05. The van der Waals surface area contributed by atoms with Gasteiger partial charge in [-0.2, -0.15) is 0 Å². The summed E-state index contributed by atoms with van der Waals surface area (Å²) in [5, 5.41) is 5.60.